The van der Waals surface area contributed by atoms with Gasteiger partial charge < -0.3 is 25.4 Å². The summed E-state index contributed by atoms with van der Waals surface area (Å²) in [6.07, 6.45) is 1.50. The number of rotatable bonds is 10. The summed E-state index contributed by atoms with van der Waals surface area (Å²) in [5, 5.41) is 7.97. The number of para-hydroxylation sites is 1. The second-order valence-electron chi connectivity index (χ2n) is 8.76. The van der Waals surface area contributed by atoms with E-state index in [1.165, 1.54) is 6.08 Å². The molecule has 0 aromatic heterocycles. The van der Waals surface area contributed by atoms with Crippen LogP contribution in [0.25, 0.3) is 6.08 Å². The van der Waals surface area contributed by atoms with Crippen LogP contribution in [0.5, 0.6) is 11.5 Å². The Kier molecular flexibility index (Phi) is 9.38. The molecule has 10 nitrogen and oxygen atoms in total. The Morgan fingerprint density at radius 2 is 1.68 bits per heavy atom. The van der Waals surface area contributed by atoms with Crippen molar-refractivity contribution >= 4 is 63.8 Å². The van der Waals surface area contributed by atoms with Crippen molar-refractivity contribution in [2.75, 3.05) is 30.4 Å². The van der Waals surface area contributed by atoms with E-state index in [0.717, 1.165) is 10.5 Å². The molecule has 1 aliphatic heterocycles. The molecule has 0 bridgehead atoms. The van der Waals surface area contributed by atoms with E-state index in [-0.39, 0.29) is 18.2 Å². The van der Waals surface area contributed by atoms with E-state index in [1.807, 2.05) is 60.7 Å². The lowest BCUT2D eigenvalue weighted by Gasteiger charge is -2.15. The maximum Gasteiger partial charge on any atom is 0.329 e. The molecule has 1 aliphatic rings. The number of carbonyl (C=O) groups excluding carboxylic acids is 4. The van der Waals surface area contributed by atoms with Crippen LogP contribution in [0, 0.1) is 10.5 Å². The third kappa shape index (κ3) is 7.38. The highest BCUT2D eigenvalue weighted by atomic mass is 127. The largest absolute Gasteiger partial charge is 0.490 e. The number of nitrogens with one attached hydrogen (secondary N) is 3. The van der Waals surface area contributed by atoms with Crippen LogP contribution < -0.4 is 25.4 Å². The maximum atomic E-state index is 12.9. The molecule has 1 saturated heterocycles. The van der Waals surface area contributed by atoms with Gasteiger partial charge in [-0.25, -0.2) is 9.69 Å². The Bertz CT molecular complexity index is 1470. The molecule has 0 aliphatic carbocycles. The summed E-state index contributed by atoms with van der Waals surface area (Å²) in [4.78, 5) is 51.1. The second kappa shape index (κ2) is 13.1. The summed E-state index contributed by atoms with van der Waals surface area (Å²) >= 11 is 2.05. The van der Waals surface area contributed by atoms with E-state index in [4.69, 9.17) is 9.47 Å². The Morgan fingerprint density at radius 1 is 0.950 bits per heavy atom. The van der Waals surface area contributed by atoms with Crippen LogP contribution in [-0.2, 0) is 14.4 Å². The predicted octanol–water partition coefficient (Wildman–Crippen LogP) is 4.55. The fraction of sp³-hybridized carbons (Fsp3) is 0.172. The van der Waals surface area contributed by atoms with Crippen LogP contribution >= 0.6 is 22.6 Å². The number of urea groups is 1. The van der Waals surface area contributed by atoms with Gasteiger partial charge in [0.2, 0.25) is 5.91 Å². The zero-order valence-corrected chi connectivity index (χ0v) is 24.0. The van der Waals surface area contributed by atoms with Gasteiger partial charge in [-0.05, 0) is 90.0 Å². The van der Waals surface area contributed by atoms with E-state index < -0.39 is 24.4 Å². The molecule has 3 aromatic rings. The fourth-order valence-corrected chi connectivity index (χ4v) is 4.66. The van der Waals surface area contributed by atoms with Crippen molar-refractivity contribution in [2.24, 2.45) is 0 Å². The first-order valence-electron chi connectivity index (χ1n) is 12.4. The Labute approximate surface area is 244 Å². The SMILES string of the molecule is CCOc1cc(/C=C2/NC(=O)N(CC(=O)Nc3cccc(C)c3)C2=O)cc(I)c1OCC(=O)Nc1ccccc1. The summed E-state index contributed by atoms with van der Waals surface area (Å²) in [5.41, 5.74) is 2.77. The second-order valence-corrected chi connectivity index (χ2v) is 9.93. The van der Waals surface area contributed by atoms with Gasteiger partial charge in [0.25, 0.3) is 11.8 Å². The minimum absolute atomic E-state index is 0.0162. The first-order chi connectivity index (χ1) is 19.2. The van der Waals surface area contributed by atoms with Gasteiger partial charge >= 0.3 is 6.03 Å². The quantitative estimate of drug-likeness (QED) is 0.168. The van der Waals surface area contributed by atoms with E-state index in [0.29, 0.717) is 38.6 Å². The maximum absolute atomic E-state index is 12.9. The molecule has 0 spiro atoms. The van der Waals surface area contributed by atoms with Gasteiger partial charge in [-0.15, -0.1) is 0 Å². The molecule has 0 saturated carbocycles. The summed E-state index contributed by atoms with van der Waals surface area (Å²) in [7, 11) is 0. The number of halogens is 1. The van der Waals surface area contributed by atoms with Crippen LogP contribution in [0.15, 0.2) is 72.4 Å². The summed E-state index contributed by atoms with van der Waals surface area (Å²) in [6, 6.07) is 18.9. The number of amides is 5. The van der Waals surface area contributed by atoms with E-state index >= 15 is 0 Å². The smallest absolute Gasteiger partial charge is 0.329 e. The number of imide groups is 1. The van der Waals surface area contributed by atoms with Gasteiger partial charge in [0.1, 0.15) is 12.2 Å². The molecule has 0 radical (unpaired) electrons. The average Bonchev–Trinajstić information content (AvgIpc) is 3.16. The van der Waals surface area contributed by atoms with Crippen LogP contribution in [0.3, 0.4) is 0 Å². The van der Waals surface area contributed by atoms with Gasteiger partial charge in [0.15, 0.2) is 18.1 Å². The molecule has 0 unspecified atom stereocenters. The third-order valence-corrected chi connectivity index (χ3v) is 6.42. The Morgan fingerprint density at radius 3 is 2.40 bits per heavy atom. The standard InChI is InChI=1S/C29H27IN4O6/c1-3-39-24-15-19(13-22(30)27(24)40-17-26(36)31-20-9-5-4-6-10-20)14-23-28(37)34(29(38)33-23)16-25(35)32-21-11-7-8-18(2)12-21/h4-15H,3,16-17H2,1-2H3,(H,31,36)(H,32,35)(H,33,38)/b23-14+. The highest BCUT2D eigenvalue weighted by Crippen LogP contribution is 2.35. The molecular formula is C29H27IN4O6. The number of ether oxygens (including phenoxy) is 2. The lowest BCUT2D eigenvalue weighted by molar-refractivity contribution is -0.127. The zero-order valence-electron chi connectivity index (χ0n) is 21.8. The highest BCUT2D eigenvalue weighted by molar-refractivity contribution is 14.1. The van der Waals surface area contributed by atoms with Crippen LogP contribution in [0.1, 0.15) is 18.1 Å². The predicted molar refractivity (Wildman–Crippen MR) is 159 cm³/mol. The van der Waals surface area contributed by atoms with Crippen molar-refractivity contribution in [2.45, 2.75) is 13.8 Å². The molecular weight excluding hydrogens is 627 g/mol. The lowest BCUT2D eigenvalue weighted by atomic mass is 10.1. The van der Waals surface area contributed by atoms with Crippen LogP contribution in [-0.4, -0.2) is 48.4 Å². The zero-order chi connectivity index (χ0) is 28.6. The number of hydrogen-bond acceptors (Lipinski definition) is 6. The van der Waals surface area contributed by atoms with Crippen molar-refractivity contribution in [3.05, 3.63) is 87.1 Å². The van der Waals surface area contributed by atoms with Gasteiger partial charge in [-0.3, -0.25) is 14.4 Å². The lowest BCUT2D eigenvalue weighted by Crippen LogP contribution is -2.38. The van der Waals surface area contributed by atoms with Gasteiger partial charge in [-0.1, -0.05) is 30.3 Å². The van der Waals surface area contributed by atoms with Crippen molar-refractivity contribution in [1.82, 2.24) is 10.2 Å². The number of benzene rings is 3. The number of anilines is 2. The molecule has 3 aromatic carbocycles. The van der Waals surface area contributed by atoms with Gasteiger partial charge in [0.05, 0.1) is 10.2 Å². The van der Waals surface area contributed by atoms with Crippen molar-refractivity contribution in [1.29, 1.82) is 0 Å². The molecule has 40 heavy (non-hydrogen) atoms. The average molecular weight is 654 g/mol. The van der Waals surface area contributed by atoms with E-state index in [9.17, 15) is 19.2 Å². The first kappa shape index (κ1) is 28.6. The number of aryl methyl sites for hydroxylation is 1. The van der Waals surface area contributed by atoms with Crippen molar-refractivity contribution < 1.29 is 28.7 Å². The molecule has 206 valence electrons. The minimum Gasteiger partial charge on any atom is -0.490 e. The minimum atomic E-state index is -0.695. The van der Waals surface area contributed by atoms with Crippen molar-refractivity contribution in [3.8, 4) is 11.5 Å². The molecule has 5 amide bonds. The van der Waals surface area contributed by atoms with E-state index in [2.05, 4.69) is 16.0 Å². The molecule has 4 rings (SSSR count). The topological polar surface area (TPSA) is 126 Å². The summed E-state index contributed by atoms with van der Waals surface area (Å²) in [5.74, 6) is -0.706. The number of nitrogens with zero attached hydrogens (tertiary/aromatic N) is 1. The van der Waals surface area contributed by atoms with Gasteiger partial charge in [-0.2, -0.15) is 0 Å². The summed E-state index contributed by atoms with van der Waals surface area (Å²) in [6.45, 7) is 3.37. The van der Waals surface area contributed by atoms with Crippen LogP contribution in [0.2, 0.25) is 0 Å². The monoisotopic (exact) mass is 654 g/mol. The number of carbonyl (C=O) groups is 4. The van der Waals surface area contributed by atoms with Crippen molar-refractivity contribution in [3.63, 3.8) is 0 Å². The third-order valence-electron chi connectivity index (χ3n) is 5.61. The van der Waals surface area contributed by atoms with Gasteiger partial charge in [0, 0.05) is 11.4 Å². The van der Waals surface area contributed by atoms with Crippen LogP contribution in [0.4, 0.5) is 16.2 Å². The molecule has 0 atom stereocenters. The Hall–Kier alpha value is -4.39. The van der Waals surface area contributed by atoms with E-state index in [1.54, 1.807) is 42.5 Å². The normalized spacial score (nSPS) is 13.7. The summed E-state index contributed by atoms with van der Waals surface area (Å²) < 4.78 is 12.1. The molecule has 1 heterocycles. The molecule has 3 N–H and O–H groups in total. The fourth-order valence-electron chi connectivity index (χ4n) is 3.88. The highest BCUT2D eigenvalue weighted by Gasteiger charge is 2.35. The Balaban J connectivity index is 1.45. The molecule has 11 heteroatoms. The first-order valence-corrected chi connectivity index (χ1v) is 13.5. The number of hydrogen-bond donors (Lipinski definition) is 3. The molecule has 1 fully saturated rings.